The van der Waals surface area contributed by atoms with E-state index >= 15 is 0 Å². The largest absolute Gasteiger partial charge is 0.384 e. The van der Waals surface area contributed by atoms with Crippen LogP contribution in [0.2, 0.25) is 0 Å². The zero-order chi connectivity index (χ0) is 10.2. The molecule has 76 valence electrons. The number of hydrogen-bond acceptors (Lipinski definition) is 2. The average Bonchev–Trinajstić information content (AvgIpc) is 2.20. The molecular formula is C11H14BrNO. The molecule has 3 N–H and O–H groups in total. The molecule has 0 amide bonds. The summed E-state index contributed by atoms with van der Waals surface area (Å²) in [5.41, 5.74) is 7.04. The molecule has 1 aromatic carbocycles. The summed E-state index contributed by atoms with van der Waals surface area (Å²) >= 11 is 3.51. The van der Waals surface area contributed by atoms with Crippen LogP contribution in [0.15, 0.2) is 22.7 Å². The van der Waals surface area contributed by atoms with E-state index in [4.69, 9.17) is 5.73 Å². The topological polar surface area (TPSA) is 46.2 Å². The van der Waals surface area contributed by atoms with Gasteiger partial charge in [-0.05, 0) is 36.5 Å². The first-order chi connectivity index (χ1) is 6.67. The second kappa shape index (κ2) is 3.65. The van der Waals surface area contributed by atoms with E-state index < -0.39 is 5.60 Å². The second-order valence-corrected chi connectivity index (χ2v) is 4.71. The Morgan fingerprint density at radius 1 is 1.50 bits per heavy atom. The minimum Gasteiger partial charge on any atom is -0.384 e. The Hall–Kier alpha value is -0.380. The summed E-state index contributed by atoms with van der Waals surface area (Å²) in [4.78, 5) is 0. The van der Waals surface area contributed by atoms with Crippen molar-refractivity contribution in [3.63, 3.8) is 0 Å². The Balaban J connectivity index is 2.55. The van der Waals surface area contributed by atoms with Crippen LogP contribution < -0.4 is 5.73 Å². The van der Waals surface area contributed by atoms with Gasteiger partial charge >= 0.3 is 0 Å². The highest BCUT2D eigenvalue weighted by Gasteiger charge is 2.33. The molecule has 0 bridgehead atoms. The molecule has 0 aliphatic heterocycles. The summed E-state index contributed by atoms with van der Waals surface area (Å²) in [5, 5.41) is 10.3. The molecule has 1 aliphatic rings. The van der Waals surface area contributed by atoms with Gasteiger partial charge in [0.25, 0.3) is 0 Å². The standard InChI is InChI=1S/C11H14BrNO/c12-10-5-1-4-9-8(10)3-2-6-11(9,14)7-13/h1,4-5,14H,2-3,6-7,13H2. The maximum absolute atomic E-state index is 10.3. The fourth-order valence-corrected chi connectivity index (χ4v) is 2.72. The Kier molecular flexibility index (Phi) is 2.64. The van der Waals surface area contributed by atoms with Crippen molar-refractivity contribution in [2.24, 2.45) is 5.73 Å². The number of aliphatic hydroxyl groups is 1. The summed E-state index contributed by atoms with van der Waals surface area (Å²) in [6.07, 6.45) is 2.80. The van der Waals surface area contributed by atoms with Crippen molar-refractivity contribution in [1.82, 2.24) is 0 Å². The van der Waals surface area contributed by atoms with Crippen molar-refractivity contribution in [2.45, 2.75) is 24.9 Å². The molecule has 1 unspecified atom stereocenters. The molecule has 1 atom stereocenters. The highest BCUT2D eigenvalue weighted by atomic mass is 79.9. The lowest BCUT2D eigenvalue weighted by Crippen LogP contribution is -2.38. The normalized spacial score (nSPS) is 25.9. The quantitative estimate of drug-likeness (QED) is 0.806. The fraction of sp³-hybridized carbons (Fsp3) is 0.455. The molecular weight excluding hydrogens is 242 g/mol. The van der Waals surface area contributed by atoms with Gasteiger partial charge in [-0.1, -0.05) is 28.1 Å². The van der Waals surface area contributed by atoms with Crippen molar-refractivity contribution in [3.8, 4) is 0 Å². The molecule has 0 aromatic heterocycles. The van der Waals surface area contributed by atoms with Gasteiger partial charge in [-0.25, -0.2) is 0 Å². The minimum atomic E-state index is -0.808. The van der Waals surface area contributed by atoms with E-state index in [2.05, 4.69) is 15.9 Å². The Morgan fingerprint density at radius 2 is 2.29 bits per heavy atom. The smallest absolute Gasteiger partial charge is 0.102 e. The maximum atomic E-state index is 10.3. The predicted molar refractivity (Wildman–Crippen MR) is 60.0 cm³/mol. The van der Waals surface area contributed by atoms with Gasteiger partial charge in [-0.3, -0.25) is 0 Å². The van der Waals surface area contributed by atoms with Crippen LogP contribution in [0.5, 0.6) is 0 Å². The van der Waals surface area contributed by atoms with Crippen LogP contribution >= 0.6 is 15.9 Å². The first-order valence-electron chi connectivity index (χ1n) is 4.88. The van der Waals surface area contributed by atoms with Crippen LogP contribution in [0.3, 0.4) is 0 Å². The second-order valence-electron chi connectivity index (χ2n) is 3.86. The van der Waals surface area contributed by atoms with Crippen molar-refractivity contribution in [1.29, 1.82) is 0 Å². The average molecular weight is 256 g/mol. The molecule has 0 heterocycles. The molecule has 0 radical (unpaired) electrons. The third-order valence-electron chi connectivity index (χ3n) is 2.98. The lowest BCUT2D eigenvalue weighted by Gasteiger charge is -2.33. The summed E-state index contributed by atoms with van der Waals surface area (Å²) in [6, 6.07) is 5.95. The molecule has 1 aromatic rings. The number of fused-ring (bicyclic) bond motifs is 1. The number of rotatable bonds is 1. The first-order valence-corrected chi connectivity index (χ1v) is 5.67. The van der Waals surface area contributed by atoms with Crippen molar-refractivity contribution in [3.05, 3.63) is 33.8 Å². The molecule has 0 spiro atoms. The molecule has 0 saturated carbocycles. The van der Waals surface area contributed by atoms with Crippen LogP contribution in [0.1, 0.15) is 24.0 Å². The SMILES string of the molecule is NCC1(O)CCCc2c(Br)cccc21. The van der Waals surface area contributed by atoms with Gasteiger partial charge in [0, 0.05) is 11.0 Å². The third kappa shape index (κ3) is 1.49. The summed E-state index contributed by atoms with van der Waals surface area (Å²) in [6.45, 7) is 0.302. The van der Waals surface area contributed by atoms with Crippen LogP contribution in [0, 0.1) is 0 Å². The fourth-order valence-electron chi connectivity index (χ4n) is 2.15. The molecule has 2 rings (SSSR count). The Bertz CT molecular complexity index is 353. The molecule has 1 aliphatic carbocycles. The van der Waals surface area contributed by atoms with Gasteiger partial charge in [-0.15, -0.1) is 0 Å². The number of halogens is 1. The van der Waals surface area contributed by atoms with Crippen LogP contribution in [0.4, 0.5) is 0 Å². The van der Waals surface area contributed by atoms with E-state index in [9.17, 15) is 5.11 Å². The lowest BCUT2D eigenvalue weighted by atomic mass is 9.79. The molecule has 3 heteroatoms. The summed E-state index contributed by atoms with van der Waals surface area (Å²) < 4.78 is 1.08. The number of benzene rings is 1. The van der Waals surface area contributed by atoms with Crippen molar-refractivity contribution in [2.75, 3.05) is 6.54 Å². The lowest BCUT2D eigenvalue weighted by molar-refractivity contribution is 0.0278. The van der Waals surface area contributed by atoms with Crippen LogP contribution in [-0.2, 0) is 12.0 Å². The van der Waals surface area contributed by atoms with Crippen LogP contribution in [0.25, 0.3) is 0 Å². The van der Waals surface area contributed by atoms with Crippen molar-refractivity contribution >= 4 is 15.9 Å². The van der Waals surface area contributed by atoms with Gasteiger partial charge in [0.05, 0.1) is 0 Å². The molecule has 2 nitrogen and oxygen atoms in total. The summed E-state index contributed by atoms with van der Waals surface area (Å²) in [5.74, 6) is 0. The number of hydrogen-bond donors (Lipinski definition) is 2. The molecule has 0 fully saturated rings. The molecule has 14 heavy (non-hydrogen) atoms. The Morgan fingerprint density at radius 3 is 3.00 bits per heavy atom. The van der Waals surface area contributed by atoms with E-state index in [-0.39, 0.29) is 0 Å². The highest BCUT2D eigenvalue weighted by Crippen LogP contribution is 2.37. The predicted octanol–water partition coefficient (Wildman–Crippen LogP) is 1.93. The zero-order valence-corrected chi connectivity index (χ0v) is 9.55. The Labute approximate surface area is 92.3 Å². The monoisotopic (exact) mass is 255 g/mol. The van der Waals surface area contributed by atoms with Crippen molar-refractivity contribution < 1.29 is 5.11 Å². The maximum Gasteiger partial charge on any atom is 0.102 e. The van der Waals surface area contributed by atoms with E-state index in [1.54, 1.807) is 0 Å². The van der Waals surface area contributed by atoms with Gasteiger partial charge in [0.15, 0.2) is 0 Å². The first kappa shape index (κ1) is 10.1. The van der Waals surface area contributed by atoms with Gasteiger partial charge in [-0.2, -0.15) is 0 Å². The van der Waals surface area contributed by atoms with E-state index in [0.29, 0.717) is 6.54 Å². The van der Waals surface area contributed by atoms with Gasteiger partial charge in [0.1, 0.15) is 5.60 Å². The number of nitrogens with two attached hydrogens (primary N) is 1. The van der Waals surface area contributed by atoms with Gasteiger partial charge < -0.3 is 10.8 Å². The van der Waals surface area contributed by atoms with Crippen LogP contribution in [-0.4, -0.2) is 11.7 Å². The third-order valence-corrected chi connectivity index (χ3v) is 3.72. The zero-order valence-electron chi connectivity index (χ0n) is 7.96. The minimum absolute atomic E-state index is 0.302. The van der Waals surface area contributed by atoms with E-state index in [1.165, 1.54) is 5.56 Å². The molecule has 0 saturated heterocycles. The summed E-state index contributed by atoms with van der Waals surface area (Å²) in [7, 11) is 0. The van der Waals surface area contributed by atoms with E-state index in [0.717, 1.165) is 29.3 Å². The van der Waals surface area contributed by atoms with Gasteiger partial charge in [0.2, 0.25) is 0 Å². The highest BCUT2D eigenvalue weighted by molar-refractivity contribution is 9.10. The van der Waals surface area contributed by atoms with E-state index in [1.807, 2.05) is 18.2 Å².